The van der Waals surface area contributed by atoms with Crippen LogP contribution < -0.4 is 21.9 Å². The highest BCUT2D eigenvalue weighted by Crippen LogP contribution is 2.18. The minimum atomic E-state index is -0.242. The van der Waals surface area contributed by atoms with Gasteiger partial charge in [-0.3, -0.25) is 4.57 Å². The molecule has 0 aromatic carbocycles. The molecule has 2 heterocycles. The van der Waals surface area contributed by atoms with E-state index in [4.69, 9.17) is 20.9 Å². The number of rotatable bonds is 10. The monoisotopic (exact) mass is 324 g/mol. The van der Waals surface area contributed by atoms with Gasteiger partial charge in [0.15, 0.2) is 11.5 Å². The van der Waals surface area contributed by atoms with Gasteiger partial charge in [0.2, 0.25) is 0 Å². The number of fused-ring (bicyclic) bond motifs is 1. The summed E-state index contributed by atoms with van der Waals surface area (Å²) in [5.74, 6) is 0.196. The maximum Gasteiger partial charge on any atom is 0.327 e. The maximum absolute atomic E-state index is 12.1. The molecule has 0 aliphatic heterocycles. The molecule has 0 saturated heterocycles. The Morgan fingerprint density at radius 1 is 1.17 bits per heavy atom. The highest BCUT2D eigenvalue weighted by molar-refractivity contribution is 5.81. The molecular weight excluding hydrogens is 300 g/mol. The van der Waals surface area contributed by atoms with E-state index in [9.17, 15) is 4.79 Å². The number of hydrogen-bond donors (Lipinski definition) is 3. The van der Waals surface area contributed by atoms with E-state index in [1.807, 2.05) is 0 Å². The van der Waals surface area contributed by atoms with Gasteiger partial charge in [-0.1, -0.05) is 12.8 Å². The van der Waals surface area contributed by atoms with Crippen molar-refractivity contribution < 1.29 is 9.47 Å². The number of aromatic amines is 1. The van der Waals surface area contributed by atoms with Crippen LogP contribution >= 0.6 is 0 Å². The third kappa shape index (κ3) is 4.42. The highest BCUT2D eigenvalue weighted by atomic mass is 16.5. The van der Waals surface area contributed by atoms with E-state index < -0.39 is 0 Å². The third-order valence-corrected chi connectivity index (χ3v) is 3.48. The van der Waals surface area contributed by atoms with Crippen molar-refractivity contribution in [3.05, 3.63) is 10.5 Å². The molecule has 0 fully saturated rings. The van der Waals surface area contributed by atoms with Crippen LogP contribution in [0.3, 0.4) is 0 Å². The summed E-state index contributed by atoms with van der Waals surface area (Å²) in [6, 6.07) is 0.142. The van der Waals surface area contributed by atoms with Gasteiger partial charge in [-0.25, -0.2) is 4.79 Å². The van der Waals surface area contributed by atoms with Gasteiger partial charge in [-0.15, -0.1) is 0 Å². The zero-order valence-electron chi connectivity index (χ0n) is 13.4. The summed E-state index contributed by atoms with van der Waals surface area (Å²) in [6.45, 7) is 1.99. The second-order valence-electron chi connectivity index (χ2n) is 5.22. The van der Waals surface area contributed by atoms with Crippen molar-refractivity contribution in [2.75, 3.05) is 32.6 Å². The Morgan fingerprint density at radius 3 is 2.70 bits per heavy atom. The molecule has 0 bridgehead atoms. The molecule has 0 spiro atoms. The zero-order valence-corrected chi connectivity index (χ0v) is 13.4. The van der Waals surface area contributed by atoms with Crippen molar-refractivity contribution in [1.29, 1.82) is 0 Å². The van der Waals surface area contributed by atoms with Crippen LogP contribution in [-0.4, -0.2) is 46.4 Å². The summed E-state index contributed by atoms with van der Waals surface area (Å²) >= 11 is 0. The lowest BCUT2D eigenvalue weighted by atomic mass is 10.2. The average molecular weight is 324 g/mol. The number of nitrogens with zero attached hydrogens (tertiary/aromatic N) is 3. The predicted octanol–water partition coefficient (Wildman–Crippen LogP) is 0.246. The Hall–Kier alpha value is -2.13. The Bertz CT molecular complexity index is 681. The van der Waals surface area contributed by atoms with Crippen LogP contribution in [0.15, 0.2) is 4.79 Å². The molecule has 0 amide bonds. The van der Waals surface area contributed by atoms with Crippen LogP contribution in [0.25, 0.3) is 11.2 Å². The number of hydrogen-bond acceptors (Lipinski definition) is 7. The van der Waals surface area contributed by atoms with E-state index in [1.165, 1.54) is 0 Å². The predicted molar refractivity (Wildman–Crippen MR) is 87.5 cm³/mol. The molecule has 9 nitrogen and oxygen atoms in total. The van der Waals surface area contributed by atoms with E-state index in [0.717, 1.165) is 25.7 Å². The number of nitrogens with two attached hydrogens (primary N) is 2. The fraction of sp³-hybridized carbons (Fsp3) is 0.643. The topological polar surface area (TPSA) is 134 Å². The van der Waals surface area contributed by atoms with Crippen LogP contribution in [0.2, 0.25) is 0 Å². The molecule has 128 valence electrons. The van der Waals surface area contributed by atoms with Crippen molar-refractivity contribution in [3.63, 3.8) is 0 Å². The number of imidazole rings is 1. The summed E-state index contributed by atoms with van der Waals surface area (Å²) in [4.78, 5) is 23.1. The minimum absolute atomic E-state index is 0.142. The van der Waals surface area contributed by atoms with Gasteiger partial charge in [0.05, 0.1) is 6.61 Å². The SMILES string of the molecule is COCCOc1nc(N)c2[nH]c(=O)n(CCCCCCN)c2n1. The number of unbranched alkanes of at least 4 members (excludes halogenated alkanes) is 3. The largest absolute Gasteiger partial charge is 0.461 e. The van der Waals surface area contributed by atoms with E-state index in [2.05, 4.69) is 15.0 Å². The molecular formula is C14H24N6O3. The van der Waals surface area contributed by atoms with Crippen LogP contribution in [0.4, 0.5) is 5.82 Å². The quantitative estimate of drug-likeness (QED) is 0.533. The molecule has 0 aliphatic rings. The standard InChI is InChI=1S/C14H24N6O3/c1-22-8-9-23-13-18-11(16)10-12(19-13)20(14(21)17-10)7-5-3-2-4-6-15/h2-9,15H2,1H3,(H,17,21)(H2,16,18,19). The van der Waals surface area contributed by atoms with Crippen molar-refractivity contribution in [2.24, 2.45) is 5.73 Å². The first-order valence-corrected chi connectivity index (χ1v) is 7.75. The first-order chi connectivity index (χ1) is 11.2. The number of ether oxygens (including phenoxy) is 2. The van der Waals surface area contributed by atoms with Crippen LogP contribution in [0.5, 0.6) is 6.01 Å². The van der Waals surface area contributed by atoms with Crippen LogP contribution in [0, 0.1) is 0 Å². The Labute approximate surface area is 134 Å². The highest BCUT2D eigenvalue weighted by Gasteiger charge is 2.14. The molecule has 0 unspecified atom stereocenters. The first-order valence-electron chi connectivity index (χ1n) is 7.75. The second kappa shape index (κ2) is 8.49. The van der Waals surface area contributed by atoms with Crippen LogP contribution in [0.1, 0.15) is 25.7 Å². The van der Waals surface area contributed by atoms with E-state index in [1.54, 1.807) is 11.7 Å². The lowest BCUT2D eigenvalue weighted by Gasteiger charge is -2.06. The van der Waals surface area contributed by atoms with E-state index in [-0.39, 0.29) is 17.5 Å². The number of nitrogens with one attached hydrogen (secondary N) is 1. The fourth-order valence-electron chi connectivity index (χ4n) is 2.29. The van der Waals surface area contributed by atoms with Gasteiger partial charge in [0, 0.05) is 13.7 Å². The number of aryl methyl sites for hydroxylation is 1. The Morgan fingerprint density at radius 2 is 1.96 bits per heavy atom. The maximum atomic E-state index is 12.1. The molecule has 23 heavy (non-hydrogen) atoms. The summed E-state index contributed by atoms with van der Waals surface area (Å²) in [5, 5.41) is 0. The van der Waals surface area contributed by atoms with Gasteiger partial charge >= 0.3 is 11.7 Å². The summed E-state index contributed by atoms with van der Waals surface area (Å²) in [7, 11) is 1.58. The third-order valence-electron chi connectivity index (χ3n) is 3.48. The average Bonchev–Trinajstić information content (AvgIpc) is 2.84. The molecule has 2 rings (SSSR count). The van der Waals surface area contributed by atoms with E-state index in [0.29, 0.717) is 37.5 Å². The van der Waals surface area contributed by atoms with Crippen molar-refractivity contribution in [1.82, 2.24) is 19.5 Å². The number of methoxy groups -OCH3 is 1. The number of anilines is 1. The van der Waals surface area contributed by atoms with Crippen molar-refractivity contribution >= 4 is 17.0 Å². The van der Waals surface area contributed by atoms with Gasteiger partial charge in [0.1, 0.15) is 12.1 Å². The lowest BCUT2D eigenvalue weighted by molar-refractivity contribution is 0.141. The number of aromatic nitrogens is 4. The zero-order chi connectivity index (χ0) is 16.7. The smallest absolute Gasteiger partial charge is 0.327 e. The second-order valence-corrected chi connectivity index (χ2v) is 5.22. The van der Waals surface area contributed by atoms with Crippen LogP contribution in [-0.2, 0) is 11.3 Å². The van der Waals surface area contributed by atoms with Gasteiger partial charge in [0.25, 0.3) is 0 Å². The molecule has 0 atom stereocenters. The molecule has 0 saturated carbocycles. The first kappa shape index (κ1) is 17.2. The summed E-state index contributed by atoms with van der Waals surface area (Å²) in [6.07, 6.45) is 3.93. The van der Waals surface area contributed by atoms with Gasteiger partial charge in [-0.05, 0) is 19.4 Å². The van der Waals surface area contributed by atoms with Gasteiger partial charge in [-0.2, -0.15) is 9.97 Å². The summed E-state index contributed by atoms with van der Waals surface area (Å²) in [5.41, 5.74) is 12.0. The van der Waals surface area contributed by atoms with E-state index >= 15 is 0 Å². The normalized spacial score (nSPS) is 11.2. The number of H-pyrrole nitrogens is 1. The molecule has 0 aliphatic carbocycles. The Kier molecular flexibility index (Phi) is 6.36. The fourth-order valence-corrected chi connectivity index (χ4v) is 2.29. The Balaban J connectivity index is 2.15. The molecule has 0 radical (unpaired) electrons. The van der Waals surface area contributed by atoms with Gasteiger partial charge < -0.3 is 25.9 Å². The molecule has 2 aromatic rings. The van der Waals surface area contributed by atoms with Crippen molar-refractivity contribution in [3.8, 4) is 6.01 Å². The lowest BCUT2D eigenvalue weighted by Crippen LogP contribution is -2.17. The molecule has 9 heteroatoms. The molecule has 5 N–H and O–H groups in total. The van der Waals surface area contributed by atoms with Crippen molar-refractivity contribution in [2.45, 2.75) is 32.2 Å². The summed E-state index contributed by atoms with van der Waals surface area (Å²) < 4.78 is 11.9. The molecule has 2 aromatic heterocycles. The minimum Gasteiger partial charge on any atom is -0.461 e. The number of nitrogen functional groups attached to an aromatic ring is 1.